The molecule has 7 heteroatoms. The molecular weight excluding hydrogens is 460 g/mol. The van der Waals surface area contributed by atoms with Gasteiger partial charge in [-0.3, -0.25) is 9.59 Å². The number of aryl methyl sites for hydroxylation is 3. The predicted octanol–water partition coefficient (Wildman–Crippen LogP) is 5.89. The second-order valence-corrected chi connectivity index (χ2v) is 11.5. The third-order valence-corrected chi connectivity index (χ3v) is 7.12. The zero-order valence-corrected chi connectivity index (χ0v) is 22.8. The smallest absolute Gasteiger partial charge is 0.223 e. The number of aromatic nitrogens is 3. The first-order valence-electron chi connectivity index (χ1n) is 12.9. The molecule has 0 N–H and O–H groups in total. The Morgan fingerprint density at radius 1 is 1.17 bits per heavy atom. The van der Waals surface area contributed by atoms with Crippen LogP contribution in [-0.4, -0.2) is 37.9 Å². The van der Waals surface area contributed by atoms with Gasteiger partial charge in [0.15, 0.2) is 5.82 Å². The molecular formula is C28H41ClN4O2. The maximum atomic E-state index is 13.3. The molecule has 1 aliphatic heterocycles. The molecule has 2 aromatic rings. The van der Waals surface area contributed by atoms with E-state index in [9.17, 15) is 9.59 Å². The van der Waals surface area contributed by atoms with Gasteiger partial charge in [-0.25, -0.2) is 0 Å². The lowest BCUT2D eigenvalue weighted by atomic mass is 9.90. The van der Waals surface area contributed by atoms with Crippen LogP contribution < -0.4 is 0 Å². The van der Waals surface area contributed by atoms with Gasteiger partial charge >= 0.3 is 0 Å². The molecule has 1 atom stereocenters. The quantitative estimate of drug-likeness (QED) is 0.408. The van der Waals surface area contributed by atoms with Crippen LogP contribution in [-0.2, 0) is 22.4 Å². The molecule has 1 saturated heterocycles. The fraction of sp³-hybridized carbons (Fsp3) is 0.643. The summed E-state index contributed by atoms with van der Waals surface area (Å²) in [6.07, 6.45) is 7.40. The van der Waals surface area contributed by atoms with Crippen molar-refractivity contribution in [3.8, 4) is 0 Å². The van der Waals surface area contributed by atoms with E-state index < -0.39 is 0 Å². The maximum absolute atomic E-state index is 13.3. The highest BCUT2D eigenvalue weighted by Crippen LogP contribution is 2.40. The molecule has 0 bridgehead atoms. The average molecular weight is 501 g/mol. The fourth-order valence-corrected chi connectivity index (χ4v) is 5.13. The number of carbonyl (C=O) groups is 2. The largest absolute Gasteiger partial charge is 0.332 e. The zero-order chi connectivity index (χ0) is 24.5. The van der Waals surface area contributed by atoms with Crippen molar-refractivity contribution in [2.24, 2.45) is 5.41 Å². The Bertz CT molecular complexity index is 1050. The van der Waals surface area contributed by atoms with Crippen molar-refractivity contribution in [2.45, 2.75) is 104 Å². The number of hydrogen-bond donors (Lipinski definition) is 0. The number of likely N-dealkylation sites (tertiary alicyclic amines) is 1. The first-order valence-corrected chi connectivity index (χ1v) is 12.9. The normalized spacial score (nSPS) is 16.9. The SMILES string of the molecule is Cc1ccc(CC(=O)C[C@@H](c2nnc(CCCC(C)(C)C)n2C2CC2)N2CCCC2=O)c(C)c1.Cl. The van der Waals surface area contributed by atoms with Gasteiger partial charge in [-0.15, -0.1) is 22.6 Å². The minimum absolute atomic E-state index is 0. The Hall–Kier alpha value is -2.21. The van der Waals surface area contributed by atoms with Crippen molar-refractivity contribution in [1.82, 2.24) is 19.7 Å². The zero-order valence-electron chi connectivity index (χ0n) is 22.0. The van der Waals surface area contributed by atoms with Gasteiger partial charge in [-0.1, -0.05) is 44.5 Å². The molecule has 1 amide bonds. The van der Waals surface area contributed by atoms with Gasteiger partial charge in [0, 0.05) is 38.3 Å². The summed E-state index contributed by atoms with van der Waals surface area (Å²) in [5.41, 5.74) is 3.70. The van der Waals surface area contributed by atoms with E-state index in [0.717, 1.165) is 61.3 Å². The van der Waals surface area contributed by atoms with Gasteiger partial charge in [0.05, 0.1) is 6.04 Å². The standard InChI is InChI=1S/C28H40N4O2.ClH/c1-19-10-11-21(20(2)16-19)17-23(33)18-24(31-15-7-9-26(31)34)27-30-29-25(32(27)22-12-13-22)8-6-14-28(3,4)5;/h10-11,16,22,24H,6-9,12-15,17-18H2,1-5H3;1H/t24-;/m0./s1. The number of halogens is 1. The van der Waals surface area contributed by atoms with E-state index in [1.54, 1.807) is 0 Å². The highest BCUT2D eigenvalue weighted by Gasteiger charge is 2.38. The second-order valence-electron chi connectivity index (χ2n) is 11.5. The first-order chi connectivity index (χ1) is 16.1. The highest BCUT2D eigenvalue weighted by molar-refractivity contribution is 5.85. The predicted molar refractivity (Wildman–Crippen MR) is 141 cm³/mol. The fourth-order valence-electron chi connectivity index (χ4n) is 5.13. The van der Waals surface area contributed by atoms with E-state index >= 15 is 0 Å². The lowest BCUT2D eigenvalue weighted by Crippen LogP contribution is -2.34. The van der Waals surface area contributed by atoms with Gasteiger partial charge < -0.3 is 9.47 Å². The van der Waals surface area contributed by atoms with Crippen molar-refractivity contribution in [1.29, 1.82) is 0 Å². The Balaban J connectivity index is 0.00000342. The summed E-state index contributed by atoms with van der Waals surface area (Å²) in [5.74, 6) is 2.11. The van der Waals surface area contributed by atoms with Crippen molar-refractivity contribution >= 4 is 24.1 Å². The van der Waals surface area contributed by atoms with Crippen LogP contribution >= 0.6 is 12.4 Å². The summed E-state index contributed by atoms with van der Waals surface area (Å²) >= 11 is 0. The third-order valence-electron chi connectivity index (χ3n) is 7.12. The molecule has 1 saturated carbocycles. The van der Waals surface area contributed by atoms with E-state index in [2.05, 4.69) is 67.6 Å². The lowest BCUT2D eigenvalue weighted by Gasteiger charge is -2.27. The van der Waals surface area contributed by atoms with Crippen LogP contribution in [0.4, 0.5) is 0 Å². The summed E-state index contributed by atoms with van der Waals surface area (Å²) in [7, 11) is 0. The molecule has 0 radical (unpaired) electrons. The van der Waals surface area contributed by atoms with Crippen molar-refractivity contribution in [3.05, 3.63) is 46.5 Å². The molecule has 0 spiro atoms. The van der Waals surface area contributed by atoms with Crippen LogP contribution in [0, 0.1) is 19.3 Å². The van der Waals surface area contributed by atoms with Crippen LogP contribution in [0.1, 0.15) is 106 Å². The average Bonchev–Trinajstić information content (AvgIpc) is 3.36. The summed E-state index contributed by atoms with van der Waals surface area (Å²) in [6.45, 7) is 11.6. The second kappa shape index (κ2) is 11.2. The Kier molecular flexibility index (Phi) is 8.79. The molecule has 4 rings (SSSR count). The maximum Gasteiger partial charge on any atom is 0.223 e. The number of Topliss-reactive ketones (excluding diaryl/α,β-unsaturated/α-hetero) is 1. The van der Waals surface area contributed by atoms with Crippen LogP contribution in [0.3, 0.4) is 0 Å². The van der Waals surface area contributed by atoms with Crippen LogP contribution in [0.15, 0.2) is 18.2 Å². The van der Waals surface area contributed by atoms with Crippen LogP contribution in [0.5, 0.6) is 0 Å². The molecule has 192 valence electrons. The van der Waals surface area contributed by atoms with Gasteiger partial charge in [-0.2, -0.15) is 0 Å². The minimum atomic E-state index is -0.322. The van der Waals surface area contributed by atoms with Gasteiger partial charge in [0.2, 0.25) is 5.91 Å². The molecule has 2 aliphatic rings. The Labute approximate surface area is 216 Å². The molecule has 1 aromatic carbocycles. The monoisotopic (exact) mass is 500 g/mol. The number of carbonyl (C=O) groups excluding carboxylic acids is 2. The molecule has 6 nitrogen and oxygen atoms in total. The molecule has 0 unspecified atom stereocenters. The number of hydrogen-bond acceptors (Lipinski definition) is 4. The summed E-state index contributed by atoms with van der Waals surface area (Å²) in [6, 6.07) is 6.32. The third kappa shape index (κ3) is 6.93. The molecule has 35 heavy (non-hydrogen) atoms. The van der Waals surface area contributed by atoms with E-state index in [-0.39, 0.29) is 35.6 Å². The number of amides is 1. The Morgan fingerprint density at radius 3 is 2.51 bits per heavy atom. The first kappa shape index (κ1) is 27.4. The topological polar surface area (TPSA) is 68.1 Å². The van der Waals surface area contributed by atoms with Crippen LogP contribution in [0.25, 0.3) is 0 Å². The number of rotatable bonds is 10. The number of ketones is 1. The molecule has 1 aromatic heterocycles. The summed E-state index contributed by atoms with van der Waals surface area (Å²) in [4.78, 5) is 27.9. The molecule has 2 fully saturated rings. The number of nitrogens with zero attached hydrogens (tertiary/aromatic N) is 4. The van der Waals surface area contributed by atoms with Crippen molar-refractivity contribution in [3.63, 3.8) is 0 Å². The van der Waals surface area contributed by atoms with Crippen molar-refractivity contribution < 1.29 is 9.59 Å². The van der Waals surface area contributed by atoms with E-state index in [1.165, 1.54) is 5.56 Å². The summed E-state index contributed by atoms with van der Waals surface area (Å²) in [5, 5.41) is 9.22. The summed E-state index contributed by atoms with van der Waals surface area (Å²) < 4.78 is 2.28. The van der Waals surface area contributed by atoms with Gasteiger partial charge in [0.1, 0.15) is 11.6 Å². The van der Waals surface area contributed by atoms with Gasteiger partial charge in [-0.05, 0) is 62.5 Å². The van der Waals surface area contributed by atoms with Crippen molar-refractivity contribution in [2.75, 3.05) is 6.54 Å². The Morgan fingerprint density at radius 2 is 1.91 bits per heavy atom. The highest BCUT2D eigenvalue weighted by atomic mass is 35.5. The van der Waals surface area contributed by atoms with Crippen LogP contribution in [0.2, 0.25) is 0 Å². The molecule has 1 aliphatic carbocycles. The van der Waals surface area contributed by atoms with E-state index in [0.29, 0.717) is 31.8 Å². The van der Waals surface area contributed by atoms with Gasteiger partial charge in [0.25, 0.3) is 0 Å². The number of benzene rings is 1. The lowest BCUT2D eigenvalue weighted by molar-refractivity contribution is -0.131. The van der Waals surface area contributed by atoms with E-state index in [4.69, 9.17) is 0 Å². The minimum Gasteiger partial charge on any atom is -0.332 e. The molecule has 2 heterocycles. The van der Waals surface area contributed by atoms with E-state index in [1.807, 2.05) is 4.90 Å².